The Labute approximate surface area is 153 Å². The van der Waals surface area contributed by atoms with E-state index in [0.717, 1.165) is 11.6 Å². The molecule has 1 saturated heterocycles. The van der Waals surface area contributed by atoms with Gasteiger partial charge in [-0.3, -0.25) is 9.58 Å². The van der Waals surface area contributed by atoms with Gasteiger partial charge >= 0.3 is 12.1 Å². The molecule has 0 aliphatic carbocycles. The summed E-state index contributed by atoms with van der Waals surface area (Å²) < 4.78 is 39.4. The van der Waals surface area contributed by atoms with Crippen LogP contribution in [0.4, 0.5) is 13.2 Å². The summed E-state index contributed by atoms with van der Waals surface area (Å²) >= 11 is 5.98. The summed E-state index contributed by atoms with van der Waals surface area (Å²) in [7, 11) is 0. The molecule has 1 aliphatic heterocycles. The van der Waals surface area contributed by atoms with Crippen LogP contribution in [0.2, 0.25) is 5.02 Å². The summed E-state index contributed by atoms with van der Waals surface area (Å²) in [4.78, 5) is 13.1. The molecule has 1 aromatic carbocycles. The lowest BCUT2D eigenvalue weighted by atomic mass is 10.0. The normalized spacial score (nSPS) is 16.8. The van der Waals surface area contributed by atoms with E-state index in [9.17, 15) is 18.0 Å². The molecule has 2 heterocycles. The van der Waals surface area contributed by atoms with Crippen molar-refractivity contribution in [3.63, 3.8) is 0 Å². The number of benzene rings is 1. The fourth-order valence-electron chi connectivity index (χ4n) is 3.12. The van der Waals surface area contributed by atoms with Gasteiger partial charge in [0.05, 0.1) is 16.6 Å². The highest BCUT2D eigenvalue weighted by atomic mass is 35.5. The van der Waals surface area contributed by atoms with E-state index in [4.69, 9.17) is 16.7 Å². The van der Waals surface area contributed by atoms with E-state index < -0.39 is 17.8 Å². The summed E-state index contributed by atoms with van der Waals surface area (Å²) in [5.74, 6) is -1.07. The molecule has 0 spiro atoms. The quantitative estimate of drug-likeness (QED) is 0.858. The lowest BCUT2D eigenvalue weighted by Crippen LogP contribution is -2.34. The zero-order valence-corrected chi connectivity index (χ0v) is 14.5. The van der Waals surface area contributed by atoms with Crippen LogP contribution in [0.15, 0.2) is 30.5 Å². The molecule has 0 bridgehead atoms. The van der Waals surface area contributed by atoms with Crippen molar-refractivity contribution in [2.24, 2.45) is 0 Å². The van der Waals surface area contributed by atoms with Crippen LogP contribution in [-0.2, 0) is 12.7 Å². The molecule has 0 unspecified atom stereocenters. The number of piperidine rings is 1. The van der Waals surface area contributed by atoms with E-state index in [2.05, 4.69) is 10.00 Å². The van der Waals surface area contributed by atoms with Crippen molar-refractivity contribution in [2.75, 3.05) is 13.1 Å². The standard InChI is InChI=1S/C17H17ClF3N3O2/c18-14-9-11(1-2-13(14)16(25)26)10-23-6-3-12(4-7-23)24-8-5-15(22-24)17(19,20)21/h1-2,5,8-9,12H,3-4,6-7,10H2,(H,25,26). The van der Waals surface area contributed by atoms with Gasteiger partial charge in [-0.2, -0.15) is 18.3 Å². The Morgan fingerprint density at radius 3 is 2.50 bits per heavy atom. The third-order valence-electron chi connectivity index (χ3n) is 4.50. The molecule has 0 saturated carbocycles. The van der Waals surface area contributed by atoms with E-state index in [1.54, 1.807) is 12.1 Å². The van der Waals surface area contributed by atoms with Crippen molar-refractivity contribution < 1.29 is 23.1 Å². The lowest BCUT2D eigenvalue weighted by molar-refractivity contribution is -0.141. The monoisotopic (exact) mass is 387 g/mol. The Kier molecular flexibility index (Phi) is 5.24. The number of halogens is 4. The number of aromatic nitrogens is 2. The molecule has 1 aliphatic rings. The van der Waals surface area contributed by atoms with Gasteiger partial charge in [0.15, 0.2) is 5.69 Å². The number of nitrogens with zero attached hydrogens (tertiary/aromatic N) is 3. The second kappa shape index (κ2) is 7.28. The molecular formula is C17H17ClF3N3O2. The first-order valence-electron chi connectivity index (χ1n) is 8.10. The molecule has 2 aromatic rings. The maximum atomic E-state index is 12.7. The van der Waals surface area contributed by atoms with Gasteiger partial charge in [0.2, 0.25) is 0 Å². The molecule has 26 heavy (non-hydrogen) atoms. The zero-order chi connectivity index (χ0) is 18.9. The Balaban J connectivity index is 1.58. The van der Waals surface area contributed by atoms with E-state index in [0.29, 0.717) is 32.5 Å². The number of carbonyl (C=O) groups is 1. The van der Waals surface area contributed by atoms with Gasteiger partial charge in [-0.1, -0.05) is 17.7 Å². The summed E-state index contributed by atoms with van der Waals surface area (Å²) in [6, 6.07) is 5.79. The molecule has 140 valence electrons. The minimum absolute atomic E-state index is 0.0553. The van der Waals surface area contributed by atoms with Gasteiger partial charge in [-0.05, 0) is 36.6 Å². The van der Waals surface area contributed by atoms with Gasteiger partial charge in [0, 0.05) is 25.8 Å². The SMILES string of the molecule is O=C(O)c1ccc(CN2CCC(n3ccc(C(F)(F)F)n3)CC2)cc1Cl. The topological polar surface area (TPSA) is 58.4 Å². The fraction of sp³-hybridized carbons (Fsp3) is 0.412. The van der Waals surface area contributed by atoms with Crippen molar-refractivity contribution in [1.82, 2.24) is 14.7 Å². The van der Waals surface area contributed by atoms with Crippen LogP contribution in [0.5, 0.6) is 0 Å². The number of carboxylic acid groups (broad SMARTS) is 1. The summed E-state index contributed by atoms with van der Waals surface area (Å²) in [6.45, 7) is 2.04. The van der Waals surface area contributed by atoms with Crippen molar-refractivity contribution >= 4 is 17.6 Å². The summed E-state index contributed by atoms with van der Waals surface area (Å²) in [5, 5.41) is 12.8. The number of carboxylic acids is 1. The highest BCUT2D eigenvalue weighted by molar-refractivity contribution is 6.33. The maximum Gasteiger partial charge on any atom is 0.435 e. The van der Waals surface area contributed by atoms with E-state index >= 15 is 0 Å². The zero-order valence-electron chi connectivity index (χ0n) is 13.7. The first-order valence-corrected chi connectivity index (χ1v) is 8.48. The van der Waals surface area contributed by atoms with Crippen molar-refractivity contribution in [1.29, 1.82) is 0 Å². The summed E-state index contributed by atoms with van der Waals surface area (Å²) in [5.41, 5.74) is 0.0956. The van der Waals surface area contributed by atoms with Gasteiger partial charge in [0.1, 0.15) is 0 Å². The number of likely N-dealkylation sites (tertiary alicyclic amines) is 1. The van der Waals surface area contributed by atoms with Crippen LogP contribution in [0, 0.1) is 0 Å². The van der Waals surface area contributed by atoms with Crippen molar-refractivity contribution in [2.45, 2.75) is 31.6 Å². The van der Waals surface area contributed by atoms with Crippen LogP contribution < -0.4 is 0 Å². The van der Waals surface area contributed by atoms with E-state index in [1.807, 2.05) is 0 Å². The number of rotatable bonds is 4. The average Bonchev–Trinajstić information content (AvgIpc) is 3.05. The first-order chi connectivity index (χ1) is 12.2. The van der Waals surface area contributed by atoms with Crippen LogP contribution in [-0.4, -0.2) is 38.8 Å². The number of hydrogen-bond donors (Lipinski definition) is 1. The highest BCUT2D eigenvalue weighted by Crippen LogP contribution is 2.30. The third-order valence-corrected chi connectivity index (χ3v) is 4.81. The second-order valence-electron chi connectivity index (χ2n) is 6.31. The van der Waals surface area contributed by atoms with Gasteiger partial charge in [-0.25, -0.2) is 4.79 Å². The van der Waals surface area contributed by atoms with Crippen molar-refractivity contribution in [3.8, 4) is 0 Å². The average molecular weight is 388 g/mol. The minimum Gasteiger partial charge on any atom is -0.478 e. The number of alkyl halides is 3. The fourth-order valence-corrected chi connectivity index (χ4v) is 3.41. The molecular weight excluding hydrogens is 371 g/mol. The Morgan fingerprint density at radius 2 is 1.96 bits per heavy atom. The Bertz CT molecular complexity index is 799. The first kappa shape index (κ1) is 18.7. The highest BCUT2D eigenvalue weighted by Gasteiger charge is 2.34. The third kappa shape index (κ3) is 4.19. The van der Waals surface area contributed by atoms with E-state index in [-0.39, 0.29) is 16.6 Å². The lowest BCUT2D eigenvalue weighted by Gasteiger charge is -2.32. The Morgan fingerprint density at radius 1 is 1.27 bits per heavy atom. The molecule has 0 amide bonds. The van der Waals surface area contributed by atoms with Gasteiger partial charge in [0.25, 0.3) is 0 Å². The molecule has 3 rings (SSSR count). The molecule has 1 N–H and O–H groups in total. The maximum absolute atomic E-state index is 12.7. The van der Waals surface area contributed by atoms with Gasteiger partial charge in [-0.15, -0.1) is 0 Å². The minimum atomic E-state index is -4.42. The molecule has 0 atom stereocenters. The number of aromatic carboxylic acids is 1. The van der Waals surface area contributed by atoms with Crippen LogP contribution >= 0.6 is 11.6 Å². The second-order valence-corrected chi connectivity index (χ2v) is 6.71. The smallest absolute Gasteiger partial charge is 0.435 e. The Hall–Kier alpha value is -2.06. The van der Waals surface area contributed by atoms with Crippen LogP contribution in [0.1, 0.15) is 40.5 Å². The molecule has 5 nitrogen and oxygen atoms in total. The van der Waals surface area contributed by atoms with Gasteiger partial charge < -0.3 is 5.11 Å². The predicted octanol–water partition coefficient (Wildman–Crippen LogP) is 4.09. The molecule has 1 fully saturated rings. The van der Waals surface area contributed by atoms with Crippen LogP contribution in [0.3, 0.4) is 0 Å². The molecule has 0 radical (unpaired) electrons. The molecule has 9 heteroatoms. The van der Waals surface area contributed by atoms with Crippen molar-refractivity contribution in [3.05, 3.63) is 52.3 Å². The molecule has 1 aromatic heterocycles. The largest absolute Gasteiger partial charge is 0.478 e. The van der Waals surface area contributed by atoms with E-state index in [1.165, 1.54) is 16.9 Å². The van der Waals surface area contributed by atoms with Crippen LogP contribution in [0.25, 0.3) is 0 Å². The number of hydrogen-bond acceptors (Lipinski definition) is 3. The summed E-state index contributed by atoms with van der Waals surface area (Å²) in [6.07, 6.45) is -1.65. The predicted molar refractivity (Wildman–Crippen MR) is 89.2 cm³/mol.